The summed E-state index contributed by atoms with van der Waals surface area (Å²) in [6.45, 7) is 0.725. The summed E-state index contributed by atoms with van der Waals surface area (Å²) in [7, 11) is 0. The van der Waals surface area contributed by atoms with Crippen molar-refractivity contribution in [3.8, 4) is 0 Å². The van der Waals surface area contributed by atoms with Crippen molar-refractivity contribution in [3.05, 3.63) is 111 Å². The van der Waals surface area contributed by atoms with Crippen LogP contribution in [0.3, 0.4) is 0 Å². The van der Waals surface area contributed by atoms with E-state index in [1.165, 1.54) is 11.6 Å². The van der Waals surface area contributed by atoms with Crippen molar-refractivity contribution in [3.63, 3.8) is 0 Å². The molecule has 0 aliphatic heterocycles. The fourth-order valence-corrected chi connectivity index (χ4v) is 3.15. The minimum Gasteiger partial charge on any atom is -0.306 e. The Morgan fingerprint density at radius 2 is 1.62 bits per heavy atom. The average molecular weight is 367 g/mol. The van der Waals surface area contributed by atoms with Crippen LogP contribution in [0.1, 0.15) is 22.7 Å². The summed E-state index contributed by atoms with van der Waals surface area (Å²) < 4.78 is 0. The van der Waals surface area contributed by atoms with Crippen LogP contribution in [0.25, 0.3) is 0 Å². The van der Waals surface area contributed by atoms with Gasteiger partial charge in [0, 0.05) is 23.7 Å². The molecule has 0 radical (unpaired) electrons. The van der Waals surface area contributed by atoms with Gasteiger partial charge in [0.1, 0.15) is 0 Å². The minimum atomic E-state index is -0.397. The van der Waals surface area contributed by atoms with Crippen molar-refractivity contribution in [2.75, 3.05) is 6.54 Å². The van der Waals surface area contributed by atoms with Crippen LogP contribution in [0.2, 0.25) is 5.02 Å². The highest BCUT2D eigenvalue weighted by atomic mass is 35.5. The molecule has 5 heteroatoms. The second-order valence-corrected chi connectivity index (χ2v) is 6.40. The van der Waals surface area contributed by atoms with E-state index in [2.05, 4.69) is 17.4 Å². The van der Waals surface area contributed by atoms with Crippen LogP contribution in [0.4, 0.5) is 5.69 Å². The first-order chi connectivity index (χ1) is 12.6. The van der Waals surface area contributed by atoms with Crippen LogP contribution in [-0.4, -0.2) is 11.5 Å². The largest absolute Gasteiger partial charge is 0.306 e. The number of rotatable bonds is 7. The lowest BCUT2D eigenvalue weighted by Gasteiger charge is -2.21. The molecule has 0 aromatic heterocycles. The summed E-state index contributed by atoms with van der Waals surface area (Å²) in [6, 6.07) is 24.4. The number of nitro groups is 1. The minimum absolute atomic E-state index is 0.0372. The van der Waals surface area contributed by atoms with E-state index >= 15 is 0 Å². The van der Waals surface area contributed by atoms with Crippen molar-refractivity contribution >= 4 is 17.3 Å². The van der Waals surface area contributed by atoms with Gasteiger partial charge in [0.15, 0.2) is 0 Å². The quantitative estimate of drug-likeness (QED) is 0.463. The SMILES string of the molecule is O=[N+]([O-])c1ccc(Cl)c(C(NCCc2ccccc2)c2ccccc2)c1. The predicted octanol–water partition coefficient (Wildman–Crippen LogP) is 5.17. The molecule has 0 aliphatic carbocycles. The van der Waals surface area contributed by atoms with Crippen LogP contribution < -0.4 is 5.32 Å². The standard InChI is InChI=1S/C21H19ClN2O2/c22-20-12-11-18(24(25)26)15-19(20)21(17-9-5-2-6-10-17)23-14-13-16-7-3-1-4-8-16/h1-12,15,21,23H,13-14H2. The van der Waals surface area contributed by atoms with Gasteiger partial charge in [0.05, 0.1) is 11.0 Å². The summed E-state index contributed by atoms with van der Waals surface area (Å²) in [5, 5.41) is 15.2. The van der Waals surface area contributed by atoms with E-state index in [1.54, 1.807) is 12.1 Å². The van der Waals surface area contributed by atoms with Crippen molar-refractivity contribution in [2.45, 2.75) is 12.5 Å². The molecule has 1 atom stereocenters. The summed E-state index contributed by atoms with van der Waals surface area (Å²) in [5.41, 5.74) is 3.00. The molecule has 0 bridgehead atoms. The summed E-state index contributed by atoms with van der Waals surface area (Å²) in [4.78, 5) is 10.8. The van der Waals surface area contributed by atoms with Gasteiger partial charge in [-0.15, -0.1) is 0 Å². The Morgan fingerprint density at radius 1 is 0.962 bits per heavy atom. The number of halogens is 1. The predicted molar refractivity (Wildman–Crippen MR) is 105 cm³/mol. The lowest BCUT2D eigenvalue weighted by Crippen LogP contribution is -2.25. The van der Waals surface area contributed by atoms with E-state index in [0.717, 1.165) is 18.5 Å². The molecule has 0 fully saturated rings. The van der Waals surface area contributed by atoms with Gasteiger partial charge in [0.25, 0.3) is 5.69 Å². The molecule has 1 N–H and O–H groups in total. The Bertz CT molecular complexity index is 870. The molecule has 1 unspecified atom stereocenters. The zero-order valence-corrected chi connectivity index (χ0v) is 14.9. The topological polar surface area (TPSA) is 55.2 Å². The van der Waals surface area contributed by atoms with Gasteiger partial charge < -0.3 is 5.32 Å². The highest BCUT2D eigenvalue weighted by molar-refractivity contribution is 6.31. The van der Waals surface area contributed by atoms with Crippen molar-refractivity contribution in [1.29, 1.82) is 0 Å². The molecule has 3 aromatic rings. The Hall–Kier alpha value is -2.69. The van der Waals surface area contributed by atoms with Gasteiger partial charge in [-0.2, -0.15) is 0 Å². The molecule has 3 aromatic carbocycles. The second kappa shape index (κ2) is 8.61. The first-order valence-electron chi connectivity index (χ1n) is 8.41. The van der Waals surface area contributed by atoms with Crippen LogP contribution in [0, 0.1) is 10.1 Å². The molecule has 0 saturated carbocycles. The van der Waals surface area contributed by atoms with Gasteiger partial charge >= 0.3 is 0 Å². The zero-order valence-electron chi connectivity index (χ0n) is 14.1. The fraction of sp³-hybridized carbons (Fsp3) is 0.143. The molecule has 0 amide bonds. The van der Waals surface area contributed by atoms with Gasteiger partial charge in [-0.05, 0) is 29.2 Å². The number of non-ortho nitro benzene ring substituents is 1. The summed E-state index contributed by atoms with van der Waals surface area (Å²) in [5.74, 6) is 0. The highest BCUT2D eigenvalue weighted by Crippen LogP contribution is 2.31. The van der Waals surface area contributed by atoms with Crippen LogP contribution in [-0.2, 0) is 6.42 Å². The Balaban J connectivity index is 1.87. The molecule has 0 spiro atoms. The molecule has 0 heterocycles. The van der Waals surface area contributed by atoms with Crippen molar-refractivity contribution in [2.24, 2.45) is 0 Å². The smallest absolute Gasteiger partial charge is 0.269 e. The van der Waals surface area contributed by atoms with Crippen molar-refractivity contribution in [1.82, 2.24) is 5.32 Å². The lowest BCUT2D eigenvalue weighted by molar-refractivity contribution is -0.384. The van der Waals surface area contributed by atoms with E-state index in [-0.39, 0.29) is 11.7 Å². The maximum Gasteiger partial charge on any atom is 0.269 e. The molecular formula is C21H19ClN2O2. The molecule has 132 valence electrons. The molecule has 26 heavy (non-hydrogen) atoms. The van der Waals surface area contributed by atoms with Gasteiger partial charge in [-0.3, -0.25) is 10.1 Å². The van der Waals surface area contributed by atoms with Crippen LogP contribution >= 0.6 is 11.6 Å². The third-order valence-electron chi connectivity index (χ3n) is 4.24. The van der Waals surface area contributed by atoms with E-state index in [9.17, 15) is 10.1 Å². The summed E-state index contributed by atoms with van der Waals surface area (Å²) in [6.07, 6.45) is 0.858. The van der Waals surface area contributed by atoms with E-state index in [1.807, 2.05) is 48.5 Å². The number of hydrogen-bond donors (Lipinski definition) is 1. The average Bonchev–Trinajstić information content (AvgIpc) is 2.67. The number of nitro benzene ring substituents is 1. The van der Waals surface area contributed by atoms with Crippen LogP contribution in [0.5, 0.6) is 0 Å². The number of benzene rings is 3. The molecular weight excluding hydrogens is 348 g/mol. The highest BCUT2D eigenvalue weighted by Gasteiger charge is 2.19. The third-order valence-corrected chi connectivity index (χ3v) is 4.58. The third kappa shape index (κ3) is 4.48. The van der Waals surface area contributed by atoms with E-state index in [4.69, 9.17) is 11.6 Å². The molecule has 0 aliphatic rings. The van der Waals surface area contributed by atoms with E-state index in [0.29, 0.717) is 10.6 Å². The number of nitrogens with one attached hydrogen (secondary N) is 1. The Morgan fingerprint density at radius 3 is 2.27 bits per heavy atom. The first-order valence-corrected chi connectivity index (χ1v) is 8.79. The lowest BCUT2D eigenvalue weighted by atomic mass is 9.97. The van der Waals surface area contributed by atoms with Gasteiger partial charge in [-0.25, -0.2) is 0 Å². The van der Waals surface area contributed by atoms with E-state index < -0.39 is 4.92 Å². The first kappa shape index (κ1) is 18.1. The molecule has 0 saturated heterocycles. The normalized spacial score (nSPS) is 11.9. The van der Waals surface area contributed by atoms with Crippen molar-refractivity contribution < 1.29 is 4.92 Å². The van der Waals surface area contributed by atoms with Gasteiger partial charge in [-0.1, -0.05) is 72.3 Å². The summed E-state index contributed by atoms with van der Waals surface area (Å²) >= 11 is 6.38. The zero-order chi connectivity index (χ0) is 18.4. The monoisotopic (exact) mass is 366 g/mol. The number of nitrogens with zero attached hydrogens (tertiary/aromatic N) is 1. The van der Waals surface area contributed by atoms with Crippen LogP contribution in [0.15, 0.2) is 78.9 Å². The maximum absolute atomic E-state index is 11.2. The van der Waals surface area contributed by atoms with Gasteiger partial charge in [0.2, 0.25) is 0 Å². The molecule has 4 nitrogen and oxygen atoms in total. The fourth-order valence-electron chi connectivity index (χ4n) is 2.92. The molecule has 3 rings (SSSR count). The Labute approximate surface area is 157 Å². The second-order valence-electron chi connectivity index (χ2n) is 6.00. The maximum atomic E-state index is 11.2. The Kier molecular flexibility index (Phi) is 6.00. The number of hydrogen-bond acceptors (Lipinski definition) is 3.